The lowest BCUT2D eigenvalue weighted by atomic mass is 10.1. The third kappa shape index (κ3) is 1.54. The fourth-order valence-electron chi connectivity index (χ4n) is 1.48. The van der Waals surface area contributed by atoms with Gasteiger partial charge in [0.2, 0.25) is 0 Å². The number of carbonyl (C=O) groups excluding carboxylic acids is 1. The smallest absolute Gasteiger partial charge is 0.261 e. The molecule has 3 nitrogen and oxygen atoms in total. The summed E-state index contributed by atoms with van der Waals surface area (Å²) in [7, 11) is 0. The molecule has 0 aromatic carbocycles. The molecule has 0 radical (unpaired) electrons. The minimum Gasteiger partial charge on any atom is -0.313 e. The summed E-state index contributed by atoms with van der Waals surface area (Å²) >= 11 is 0. The molecule has 0 aliphatic carbocycles. The number of aromatic nitrogens is 1. The molecule has 0 spiro atoms. The largest absolute Gasteiger partial charge is 0.313 e. The number of carbonyl (C=O) groups is 1. The van der Waals surface area contributed by atoms with E-state index < -0.39 is 0 Å². The molecule has 1 aromatic heterocycles. The van der Waals surface area contributed by atoms with Crippen molar-refractivity contribution in [2.75, 3.05) is 0 Å². The number of hydrogen-bond donors (Lipinski definition) is 0. The van der Waals surface area contributed by atoms with E-state index in [2.05, 4.69) is 0 Å². The lowest BCUT2D eigenvalue weighted by Gasteiger charge is -2.09. The van der Waals surface area contributed by atoms with Crippen molar-refractivity contribution in [3.8, 4) is 0 Å². The summed E-state index contributed by atoms with van der Waals surface area (Å²) in [5.74, 6) is 0. The van der Waals surface area contributed by atoms with Crippen LogP contribution < -0.4 is 5.56 Å². The predicted molar refractivity (Wildman–Crippen MR) is 51.2 cm³/mol. The summed E-state index contributed by atoms with van der Waals surface area (Å²) in [4.78, 5) is 22.2. The Morgan fingerprint density at radius 2 is 2.08 bits per heavy atom. The Hall–Kier alpha value is -1.38. The number of rotatable bonds is 2. The van der Waals surface area contributed by atoms with E-state index in [1.54, 1.807) is 11.5 Å². The lowest BCUT2D eigenvalue weighted by molar-refractivity contribution is 0.112. The van der Waals surface area contributed by atoms with Crippen LogP contribution in [0.25, 0.3) is 0 Å². The Labute approximate surface area is 77.0 Å². The SMILES string of the molecule is CCn1c(C)cc(C)c(C=O)c1=O. The number of hydrogen-bond acceptors (Lipinski definition) is 2. The minimum absolute atomic E-state index is 0.185. The fraction of sp³-hybridized carbons (Fsp3) is 0.400. The highest BCUT2D eigenvalue weighted by atomic mass is 16.1. The highest BCUT2D eigenvalue weighted by Gasteiger charge is 2.07. The van der Waals surface area contributed by atoms with E-state index >= 15 is 0 Å². The molecule has 0 atom stereocenters. The fourth-order valence-corrected chi connectivity index (χ4v) is 1.48. The molecular weight excluding hydrogens is 166 g/mol. The first-order valence-electron chi connectivity index (χ1n) is 4.28. The van der Waals surface area contributed by atoms with Crippen molar-refractivity contribution < 1.29 is 4.79 Å². The summed E-state index contributed by atoms with van der Waals surface area (Å²) < 4.78 is 1.59. The predicted octanol–water partition coefficient (Wildman–Crippen LogP) is 1.30. The zero-order valence-corrected chi connectivity index (χ0v) is 8.13. The third-order valence-electron chi connectivity index (χ3n) is 2.19. The molecular formula is C10H13NO2. The summed E-state index contributed by atoms with van der Waals surface area (Å²) in [5, 5.41) is 0. The highest BCUT2D eigenvalue weighted by Crippen LogP contribution is 2.03. The molecule has 0 unspecified atom stereocenters. The molecule has 0 N–H and O–H groups in total. The average Bonchev–Trinajstić information content (AvgIpc) is 2.04. The van der Waals surface area contributed by atoms with Gasteiger partial charge in [0.05, 0.1) is 5.56 Å². The van der Waals surface area contributed by atoms with Crippen LogP contribution >= 0.6 is 0 Å². The summed E-state index contributed by atoms with van der Waals surface area (Å²) in [6.07, 6.45) is 0.628. The van der Waals surface area contributed by atoms with E-state index in [9.17, 15) is 9.59 Å². The van der Waals surface area contributed by atoms with E-state index in [0.717, 1.165) is 11.3 Å². The lowest BCUT2D eigenvalue weighted by Crippen LogP contribution is -2.25. The first kappa shape index (κ1) is 9.71. The molecule has 0 saturated carbocycles. The van der Waals surface area contributed by atoms with E-state index in [-0.39, 0.29) is 11.1 Å². The van der Waals surface area contributed by atoms with Crippen molar-refractivity contribution >= 4 is 6.29 Å². The Balaban J connectivity index is 3.58. The third-order valence-corrected chi connectivity index (χ3v) is 2.19. The van der Waals surface area contributed by atoms with Crippen LogP contribution in [-0.4, -0.2) is 10.9 Å². The van der Waals surface area contributed by atoms with Gasteiger partial charge in [-0.25, -0.2) is 0 Å². The van der Waals surface area contributed by atoms with Crippen LogP contribution in [0.4, 0.5) is 0 Å². The summed E-state index contributed by atoms with van der Waals surface area (Å²) in [6.45, 7) is 6.13. The van der Waals surface area contributed by atoms with E-state index in [1.165, 1.54) is 0 Å². The van der Waals surface area contributed by atoms with Crippen LogP contribution in [0.3, 0.4) is 0 Å². The van der Waals surface area contributed by atoms with Gasteiger partial charge in [-0.05, 0) is 32.4 Å². The van der Waals surface area contributed by atoms with Gasteiger partial charge in [-0.1, -0.05) is 0 Å². The molecule has 1 aromatic rings. The van der Waals surface area contributed by atoms with Gasteiger partial charge in [-0.15, -0.1) is 0 Å². The van der Waals surface area contributed by atoms with E-state index in [1.807, 2.05) is 19.9 Å². The second-order valence-corrected chi connectivity index (χ2v) is 3.05. The average molecular weight is 179 g/mol. The van der Waals surface area contributed by atoms with Crippen molar-refractivity contribution in [2.24, 2.45) is 0 Å². The molecule has 0 aliphatic rings. The molecule has 0 amide bonds. The summed E-state index contributed by atoms with van der Waals surface area (Å²) in [5.41, 5.74) is 1.74. The number of pyridine rings is 1. The van der Waals surface area contributed by atoms with Crippen molar-refractivity contribution in [1.82, 2.24) is 4.57 Å². The van der Waals surface area contributed by atoms with E-state index in [4.69, 9.17) is 0 Å². The van der Waals surface area contributed by atoms with Gasteiger partial charge in [0, 0.05) is 12.2 Å². The Morgan fingerprint density at radius 3 is 2.54 bits per heavy atom. The van der Waals surface area contributed by atoms with Crippen molar-refractivity contribution in [3.05, 3.63) is 33.2 Å². The number of aryl methyl sites for hydroxylation is 2. The molecule has 0 aliphatic heterocycles. The zero-order chi connectivity index (χ0) is 10.0. The van der Waals surface area contributed by atoms with Crippen molar-refractivity contribution in [3.63, 3.8) is 0 Å². The highest BCUT2D eigenvalue weighted by molar-refractivity contribution is 5.76. The molecule has 0 fully saturated rings. The van der Waals surface area contributed by atoms with Gasteiger partial charge in [0.15, 0.2) is 6.29 Å². The topological polar surface area (TPSA) is 39.1 Å². The molecule has 0 bridgehead atoms. The second kappa shape index (κ2) is 3.56. The molecule has 70 valence electrons. The maximum absolute atomic E-state index is 11.6. The molecule has 1 rings (SSSR count). The Bertz CT molecular complexity index is 391. The first-order valence-corrected chi connectivity index (χ1v) is 4.28. The monoisotopic (exact) mass is 179 g/mol. The minimum atomic E-state index is -0.185. The maximum Gasteiger partial charge on any atom is 0.261 e. The van der Waals surface area contributed by atoms with Gasteiger partial charge in [-0.2, -0.15) is 0 Å². The molecule has 13 heavy (non-hydrogen) atoms. The van der Waals surface area contributed by atoms with Crippen LogP contribution in [0.1, 0.15) is 28.5 Å². The van der Waals surface area contributed by atoms with E-state index in [0.29, 0.717) is 12.8 Å². The maximum atomic E-state index is 11.6. The van der Waals surface area contributed by atoms with Crippen molar-refractivity contribution in [1.29, 1.82) is 0 Å². The van der Waals surface area contributed by atoms with Gasteiger partial charge >= 0.3 is 0 Å². The summed E-state index contributed by atoms with van der Waals surface area (Å²) in [6, 6.07) is 1.86. The first-order chi connectivity index (χ1) is 6.11. The second-order valence-electron chi connectivity index (χ2n) is 3.05. The Kier molecular flexibility index (Phi) is 2.66. The van der Waals surface area contributed by atoms with Gasteiger partial charge in [-0.3, -0.25) is 9.59 Å². The van der Waals surface area contributed by atoms with Crippen LogP contribution in [0, 0.1) is 13.8 Å². The van der Waals surface area contributed by atoms with Crippen LogP contribution in [0.5, 0.6) is 0 Å². The molecule has 3 heteroatoms. The van der Waals surface area contributed by atoms with Crippen LogP contribution in [-0.2, 0) is 6.54 Å². The molecule has 0 saturated heterocycles. The normalized spacial score (nSPS) is 10.1. The zero-order valence-electron chi connectivity index (χ0n) is 8.13. The van der Waals surface area contributed by atoms with Crippen LogP contribution in [0.2, 0.25) is 0 Å². The number of aldehydes is 1. The Morgan fingerprint density at radius 1 is 1.46 bits per heavy atom. The number of nitrogens with zero attached hydrogens (tertiary/aromatic N) is 1. The van der Waals surface area contributed by atoms with Gasteiger partial charge in [0.25, 0.3) is 5.56 Å². The van der Waals surface area contributed by atoms with Gasteiger partial charge in [0.1, 0.15) is 0 Å². The molecule has 1 heterocycles. The standard InChI is InChI=1S/C10H13NO2/c1-4-11-8(3)5-7(2)9(6-12)10(11)13/h5-6H,4H2,1-3H3. The van der Waals surface area contributed by atoms with Crippen molar-refractivity contribution in [2.45, 2.75) is 27.3 Å². The quantitative estimate of drug-likeness (QED) is 0.642. The van der Waals surface area contributed by atoms with Crippen LogP contribution in [0.15, 0.2) is 10.9 Å². The van der Waals surface area contributed by atoms with Gasteiger partial charge < -0.3 is 4.57 Å².